The summed E-state index contributed by atoms with van der Waals surface area (Å²) in [5, 5.41) is 6.44. The second-order valence-corrected chi connectivity index (χ2v) is 5.88. The van der Waals surface area contributed by atoms with E-state index in [-0.39, 0.29) is 30.7 Å². The van der Waals surface area contributed by atoms with E-state index in [1.54, 1.807) is 0 Å². The molecule has 2 fully saturated rings. The highest BCUT2D eigenvalue weighted by Crippen LogP contribution is 2.18. The summed E-state index contributed by atoms with van der Waals surface area (Å²) >= 11 is 0. The third kappa shape index (κ3) is 7.11. The van der Waals surface area contributed by atoms with Crippen molar-refractivity contribution in [3.8, 4) is 0 Å². The van der Waals surface area contributed by atoms with Crippen molar-refractivity contribution in [3.05, 3.63) is 0 Å². The molecular weight excluding hydrogens is 297 g/mol. The van der Waals surface area contributed by atoms with Crippen LogP contribution in [0.15, 0.2) is 0 Å². The number of likely N-dealkylation sites (tertiary alicyclic amines) is 1. The summed E-state index contributed by atoms with van der Waals surface area (Å²) in [5.74, 6) is 1.04. The predicted octanol–water partition coefficient (Wildman–Crippen LogP) is 1.82. The van der Waals surface area contributed by atoms with E-state index < -0.39 is 0 Å². The molecule has 2 N–H and O–H groups in total. The molecule has 2 aliphatic heterocycles. The maximum atomic E-state index is 11.7. The molecule has 4 nitrogen and oxygen atoms in total. The monoisotopic (exact) mass is 325 g/mol. The van der Waals surface area contributed by atoms with Crippen LogP contribution in [0, 0.1) is 5.92 Å². The molecule has 0 aromatic heterocycles. The zero-order chi connectivity index (χ0) is 12.8. The molecule has 6 heteroatoms. The molecule has 2 saturated heterocycles. The average Bonchev–Trinajstić information content (AvgIpc) is 2.84. The quantitative estimate of drug-likeness (QED) is 0.810. The highest BCUT2D eigenvalue weighted by molar-refractivity contribution is 5.85. The molecule has 0 spiro atoms. The molecule has 1 atom stereocenters. The minimum atomic E-state index is 0. The first-order chi connectivity index (χ1) is 8.74. The molecule has 2 rings (SSSR count). The number of hydrogen-bond donors (Lipinski definition) is 2. The van der Waals surface area contributed by atoms with Gasteiger partial charge in [0, 0.05) is 19.0 Å². The molecule has 0 aliphatic carbocycles. The van der Waals surface area contributed by atoms with Crippen LogP contribution >= 0.6 is 24.8 Å². The van der Waals surface area contributed by atoms with Crippen LogP contribution in [-0.4, -0.2) is 50.1 Å². The third-order valence-corrected chi connectivity index (χ3v) is 4.31. The SMILES string of the molecule is CN1CCC(CCNC(=O)CC2CCCN2)CC1.Cl.Cl. The molecule has 1 amide bonds. The highest BCUT2D eigenvalue weighted by Gasteiger charge is 2.19. The second kappa shape index (κ2) is 10.7. The number of nitrogens with one attached hydrogen (secondary N) is 2. The summed E-state index contributed by atoms with van der Waals surface area (Å²) in [6, 6.07) is 0.424. The van der Waals surface area contributed by atoms with Gasteiger partial charge in [0.25, 0.3) is 0 Å². The number of amides is 1. The van der Waals surface area contributed by atoms with E-state index in [1.807, 2.05) is 0 Å². The van der Waals surface area contributed by atoms with Crippen LogP contribution in [0.1, 0.15) is 38.5 Å². The van der Waals surface area contributed by atoms with E-state index in [0.717, 1.165) is 31.8 Å². The average molecular weight is 326 g/mol. The molecule has 1 unspecified atom stereocenters. The fourth-order valence-electron chi connectivity index (χ4n) is 2.99. The van der Waals surface area contributed by atoms with Crippen LogP contribution in [0.5, 0.6) is 0 Å². The lowest BCUT2D eigenvalue weighted by atomic mass is 9.94. The molecular formula is C14H29Cl2N3O. The van der Waals surface area contributed by atoms with Gasteiger partial charge in [0.2, 0.25) is 5.91 Å². The van der Waals surface area contributed by atoms with Gasteiger partial charge < -0.3 is 15.5 Å². The van der Waals surface area contributed by atoms with Crippen molar-refractivity contribution < 1.29 is 4.79 Å². The minimum Gasteiger partial charge on any atom is -0.356 e. The van der Waals surface area contributed by atoms with Crippen molar-refractivity contribution in [3.63, 3.8) is 0 Å². The summed E-state index contributed by atoms with van der Waals surface area (Å²) in [7, 11) is 2.19. The van der Waals surface area contributed by atoms with Gasteiger partial charge in [-0.25, -0.2) is 0 Å². The molecule has 0 radical (unpaired) electrons. The van der Waals surface area contributed by atoms with Gasteiger partial charge in [-0.3, -0.25) is 4.79 Å². The van der Waals surface area contributed by atoms with Crippen LogP contribution in [0.25, 0.3) is 0 Å². The van der Waals surface area contributed by atoms with E-state index in [0.29, 0.717) is 12.5 Å². The molecule has 120 valence electrons. The van der Waals surface area contributed by atoms with Crippen LogP contribution in [-0.2, 0) is 4.79 Å². The summed E-state index contributed by atoms with van der Waals surface area (Å²) in [6.07, 6.45) is 6.76. The van der Waals surface area contributed by atoms with E-state index in [9.17, 15) is 4.79 Å². The molecule has 20 heavy (non-hydrogen) atoms. The maximum absolute atomic E-state index is 11.7. The van der Waals surface area contributed by atoms with Gasteiger partial charge in [0.15, 0.2) is 0 Å². The smallest absolute Gasteiger partial charge is 0.221 e. The van der Waals surface area contributed by atoms with Crippen molar-refractivity contribution in [1.82, 2.24) is 15.5 Å². The minimum absolute atomic E-state index is 0. The van der Waals surface area contributed by atoms with Crippen molar-refractivity contribution in [2.45, 2.75) is 44.6 Å². The van der Waals surface area contributed by atoms with Crippen molar-refractivity contribution in [1.29, 1.82) is 0 Å². The van der Waals surface area contributed by atoms with Crippen LogP contribution in [0.2, 0.25) is 0 Å². The first-order valence-corrected chi connectivity index (χ1v) is 7.42. The second-order valence-electron chi connectivity index (χ2n) is 5.88. The molecule has 0 saturated carbocycles. The fraction of sp³-hybridized carbons (Fsp3) is 0.929. The Labute approximate surface area is 135 Å². The third-order valence-electron chi connectivity index (χ3n) is 4.31. The molecule has 0 aromatic rings. The summed E-state index contributed by atoms with van der Waals surface area (Å²) in [6.45, 7) is 4.36. The van der Waals surface area contributed by atoms with E-state index in [1.165, 1.54) is 32.4 Å². The lowest BCUT2D eigenvalue weighted by molar-refractivity contribution is -0.121. The van der Waals surface area contributed by atoms with Crippen LogP contribution in [0.4, 0.5) is 0 Å². The lowest BCUT2D eigenvalue weighted by Crippen LogP contribution is -2.34. The lowest BCUT2D eigenvalue weighted by Gasteiger charge is -2.28. The molecule has 0 aromatic carbocycles. The Morgan fingerprint density at radius 1 is 1.25 bits per heavy atom. The van der Waals surface area contributed by atoms with Gasteiger partial charge in [0.1, 0.15) is 0 Å². The van der Waals surface area contributed by atoms with Gasteiger partial charge in [0.05, 0.1) is 0 Å². The fourth-order valence-corrected chi connectivity index (χ4v) is 2.99. The number of hydrogen-bond acceptors (Lipinski definition) is 3. The number of halogens is 2. The predicted molar refractivity (Wildman–Crippen MR) is 88.0 cm³/mol. The van der Waals surface area contributed by atoms with Gasteiger partial charge in [-0.05, 0) is 64.7 Å². The number of carbonyl (C=O) groups excluding carboxylic acids is 1. The molecule has 2 aliphatic rings. The first-order valence-electron chi connectivity index (χ1n) is 7.42. The van der Waals surface area contributed by atoms with Crippen LogP contribution < -0.4 is 10.6 Å². The highest BCUT2D eigenvalue weighted by atomic mass is 35.5. The number of piperidine rings is 1. The number of rotatable bonds is 5. The van der Waals surface area contributed by atoms with Gasteiger partial charge in [-0.15, -0.1) is 24.8 Å². The Kier molecular flexibility index (Phi) is 10.6. The van der Waals surface area contributed by atoms with E-state index in [2.05, 4.69) is 22.6 Å². The largest absolute Gasteiger partial charge is 0.356 e. The summed E-state index contributed by atoms with van der Waals surface area (Å²) in [4.78, 5) is 14.1. The topological polar surface area (TPSA) is 44.4 Å². The van der Waals surface area contributed by atoms with Gasteiger partial charge in [-0.2, -0.15) is 0 Å². The normalized spacial score (nSPS) is 23.8. The summed E-state index contributed by atoms with van der Waals surface area (Å²) in [5.41, 5.74) is 0. The molecule has 0 bridgehead atoms. The van der Waals surface area contributed by atoms with Crippen molar-refractivity contribution >= 4 is 30.7 Å². The number of nitrogens with zero attached hydrogens (tertiary/aromatic N) is 1. The summed E-state index contributed by atoms with van der Waals surface area (Å²) < 4.78 is 0. The van der Waals surface area contributed by atoms with Crippen molar-refractivity contribution in [2.24, 2.45) is 5.92 Å². The Bertz CT molecular complexity index is 265. The zero-order valence-corrected chi connectivity index (χ0v) is 14.0. The first kappa shape index (κ1) is 20.0. The van der Waals surface area contributed by atoms with E-state index in [4.69, 9.17) is 0 Å². The maximum Gasteiger partial charge on any atom is 0.221 e. The Hall–Kier alpha value is -0.0300. The Morgan fingerprint density at radius 3 is 2.55 bits per heavy atom. The Balaban J connectivity index is 0.00000180. The van der Waals surface area contributed by atoms with Crippen molar-refractivity contribution in [2.75, 3.05) is 33.2 Å². The molecule has 2 heterocycles. The van der Waals surface area contributed by atoms with Gasteiger partial charge >= 0.3 is 0 Å². The number of carbonyl (C=O) groups is 1. The van der Waals surface area contributed by atoms with E-state index >= 15 is 0 Å². The van der Waals surface area contributed by atoms with Crippen LogP contribution in [0.3, 0.4) is 0 Å². The zero-order valence-electron chi connectivity index (χ0n) is 12.4. The van der Waals surface area contributed by atoms with Gasteiger partial charge in [-0.1, -0.05) is 0 Å². The Morgan fingerprint density at radius 2 is 1.95 bits per heavy atom. The standard InChI is InChI=1S/C14H27N3O.2ClH/c1-17-9-5-12(6-10-17)4-8-16-14(18)11-13-3-2-7-15-13;;/h12-13,15H,2-11H2,1H3,(H,16,18);2*1H.